The number of amides is 1. The molecule has 1 aliphatic rings. The number of fused-ring (bicyclic) bond motifs is 1. The van der Waals surface area contributed by atoms with Gasteiger partial charge in [0.05, 0.1) is 12.7 Å². The number of aromatic nitrogens is 1. The molecule has 17 heavy (non-hydrogen) atoms. The largest absolute Gasteiger partial charge is 0.486 e. The number of hydrogen-bond donors (Lipinski definition) is 0. The first-order valence-corrected chi connectivity index (χ1v) is 5.21. The highest BCUT2D eigenvalue weighted by Crippen LogP contribution is 2.31. The highest BCUT2D eigenvalue weighted by Gasteiger charge is 2.34. The van der Waals surface area contributed by atoms with E-state index in [0.29, 0.717) is 11.6 Å². The molecule has 1 atom stereocenters. The molecule has 1 unspecified atom stereocenters. The van der Waals surface area contributed by atoms with Crippen LogP contribution in [0.4, 0.5) is 10.6 Å². The third-order valence-electron chi connectivity index (χ3n) is 2.30. The monoisotopic (exact) mass is 233 g/mol. The van der Waals surface area contributed by atoms with Gasteiger partial charge in [-0.2, -0.15) is 5.26 Å². The molecule has 88 valence electrons. The molecule has 0 aromatic carbocycles. The van der Waals surface area contributed by atoms with Crippen molar-refractivity contribution in [3.8, 4) is 11.8 Å². The van der Waals surface area contributed by atoms with Crippen LogP contribution in [-0.2, 0) is 4.74 Å². The van der Waals surface area contributed by atoms with Crippen LogP contribution in [0.1, 0.15) is 6.92 Å². The lowest BCUT2D eigenvalue weighted by Gasteiger charge is -2.30. The first kappa shape index (κ1) is 11.2. The number of carbonyl (C=O) groups excluding carboxylic acids is 1. The molecule has 0 saturated carbocycles. The second-order valence-corrected chi connectivity index (χ2v) is 3.35. The van der Waals surface area contributed by atoms with E-state index in [1.54, 1.807) is 19.1 Å². The van der Waals surface area contributed by atoms with Gasteiger partial charge in [0.2, 0.25) is 0 Å². The summed E-state index contributed by atoms with van der Waals surface area (Å²) in [5, 5.41) is 9.00. The molecule has 0 spiro atoms. The van der Waals surface area contributed by atoms with Gasteiger partial charge in [-0.15, -0.1) is 0 Å². The van der Waals surface area contributed by atoms with E-state index in [1.165, 1.54) is 11.1 Å². The van der Waals surface area contributed by atoms with Crippen molar-refractivity contribution in [3.63, 3.8) is 0 Å². The van der Waals surface area contributed by atoms with E-state index in [1.807, 2.05) is 6.07 Å². The molecule has 0 bridgehead atoms. The highest BCUT2D eigenvalue weighted by atomic mass is 16.6. The van der Waals surface area contributed by atoms with Crippen LogP contribution < -0.4 is 9.64 Å². The van der Waals surface area contributed by atoms with E-state index >= 15 is 0 Å². The predicted molar refractivity (Wildman–Crippen MR) is 58.6 cm³/mol. The molecule has 1 amide bonds. The Kier molecular flexibility index (Phi) is 3.10. The molecule has 1 aromatic heterocycles. The summed E-state index contributed by atoms with van der Waals surface area (Å²) in [6, 6.07) is 4.68. The van der Waals surface area contributed by atoms with Crippen molar-refractivity contribution < 1.29 is 14.3 Å². The molecule has 2 rings (SSSR count). The maximum absolute atomic E-state index is 11.8. The van der Waals surface area contributed by atoms with Crippen molar-refractivity contribution in [2.24, 2.45) is 0 Å². The van der Waals surface area contributed by atoms with E-state index in [0.717, 1.165) is 0 Å². The molecule has 0 N–H and O–H groups in total. The van der Waals surface area contributed by atoms with Crippen molar-refractivity contribution in [1.29, 1.82) is 5.26 Å². The van der Waals surface area contributed by atoms with Crippen LogP contribution >= 0.6 is 0 Å². The number of ether oxygens (including phenoxy) is 2. The van der Waals surface area contributed by atoms with Crippen molar-refractivity contribution in [1.82, 2.24) is 4.98 Å². The van der Waals surface area contributed by atoms with Gasteiger partial charge in [-0.1, -0.05) is 0 Å². The second kappa shape index (κ2) is 4.70. The summed E-state index contributed by atoms with van der Waals surface area (Å²) in [5.74, 6) is 0.802. The number of nitriles is 1. The smallest absolute Gasteiger partial charge is 0.416 e. The van der Waals surface area contributed by atoms with Crippen LogP contribution in [0.15, 0.2) is 18.3 Å². The molecular weight excluding hydrogens is 222 g/mol. The standard InChI is InChI=1S/C11H11N3O3/c1-2-16-11(15)14-8(6-12)7-17-9-4-3-5-13-10(9)14/h3-5,8H,2,7H2,1H3. The summed E-state index contributed by atoms with van der Waals surface area (Å²) in [6.07, 6.45) is 0.955. The Morgan fingerprint density at radius 1 is 1.82 bits per heavy atom. The lowest BCUT2D eigenvalue weighted by Crippen LogP contribution is -2.46. The van der Waals surface area contributed by atoms with E-state index in [-0.39, 0.29) is 13.2 Å². The Morgan fingerprint density at radius 3 is 3.35 bits per heavy atom. The Balaban J connectivity index is 2.38. The number of hydrogen-bond acceptors (Lipinski definition) is 5. The average Bonchev–Trinajstić information content (AvgIpc) is 2.37. The van der Waals surface area contributed by atoms with Crippen LogP contribution in [0.3, 0.4) is 0 Å². The minimum atomic E-state index is -0.712. The van der Waals surface area contributed by atoms with E-state index in [2.05, 4.69) is 4.98 Å². The summed E-state index contributed by atoms with van der Waals surface area (Å²) < 4.78 is 10.3. The van der Waals surface area contributed by atoms with Crippen molar-refractivity contribution >= 4 is 11.9 Å². The summed E-state index contributed by atoms with van der Waals surface area (Å²) >= 11 is 0. The third-order valence-corrected chi connectivity index (χ3v) is 2.30. The fourth-order valence-corrected chi connectivity index (χ4v) is 1.57. The lowest BCUT2D eigenvalue weighted by molar-refractivity contribution is 0.153. The summed E-state index contributed by atoms with van der Waals surface area (Å²) in [6.45, 7) is 2.07. The van der Waals surface area contributed by atoms with Gasteiger partial charge in [0.1, 0.15) is 6.61 Å². The Hall–Kier alpha value is -2.29. The third kappa shape index (κ3) is 1.99. The lowest BCUT2D eigenvalue weighted by atomic mass is 10.2. The SMILES string of the molecule is CCOC(=O)N1c2ncccc2OCC1C#N. The predicted octanol–water partition coefficient (Wildman–Crippen LogP) is 1.33. The van der Waals surface area contributed by atoms with Crippen LogP contribution in [-0.4, -0.2) is 30.3 Å². The summed E-state index contributed by atoms with van der Waals surface area (Å²) in [4.78, 5) is 17.1. The van der Waals surface area contributed by atoms with Gasteiger partial charge in [-0.25, -0.2) is 14.7 Å². The minimum absolute atomic E-state index is 0.119. The van der Waals surface area contributed by atoms with Crippen LogP contribution in [0, 0.1) is 11.3 Å². The zero-order valence-corrected chi connectivity index (χ0v) is 9.29. The molecule has 0 fully saturated rings. The average molecular weight is 233 g/mol. The van der Waals surface area contributed by atoms with E-state index in [4.69, 9.17) is 14.7 Å². The molecule has 6 nitrogen and oxygen atoms in total. The number of nitrogens with zero attached hydrogens (tertiary/aromatic N) is 3. The van der Waals surface area contributed by atoms with Crippen LogP contribution in [0.5, 0.6) is 5.75 Å². The van der Waals surface area contributed by atoms with Crippen LogP contribution in [0.25, 0.3) is 0 Å². The molecule has 1 aromatic rings. The fraction of sp³-hybridized carbons (Fsp3) is 0.364. The molecule has 0 saturated heterocycles. The normalized spacial score (nSPS) is 17.6. The maximum Gasteiger partial charge on any atom is 0.416 e. The fourth-order valence-electron chi connectivity index (χ4n) is 1.57. The molecule has 0 radical (unpaired) electrons. The van der Waals surface area contributed by atoms with Crippen molar-refractivity contribution in [2.45, 2.75) is 13.0 Å². The highest BCUT2D eigenvalue weighted by molar-refractivity contribution is 5.90. The number of carbonyl (C=O) groups is 1. The Labute approximate surface area is 98.4 Å². The zero-order chi connectivity index (χ0) is 12.3. The number of anilines is 1. The summed E-state index contributed by atoms with van der Waals surface area (Å²) in [5.41, 5.74) is 0. The topological polar surface area (TPSA) is 75.4 Å². The van der Waals surface area contributed by atoms with Gasteiger partial charge in [0.15, 0.2) is 17.6 Å². The van der Waals surface area contributed by atoms with Gasteiger partial charge in [0.25, 0.3) is 0 Å². The number of rotatable bonds is 1. The number of pyridine rings is 1. The van der Waals surface area contributed by atoms with Crippen LogP contribution in [0.2, 0.25) is 0 Å². The van der Waals surface area contributed by atoms with Crippen molar-refractivity contribution in [3.05, 3.63) is 18.3 Å². The molecule has 6 heteroatoms. The van der Waals surface area contributed by atoms with Gasteiger partial charge in [0, 0.05) is 6.20 Å². The Bertz CT molecular complexity index is 469. The quantitative estimate of drug-likeness (QED) is 0.731. The first-order chi connectivity index (χ1) is 8.27. The maximum atomic E-state index is 11.8. The molecule has 2 heterocycles. The summed E-state index contributed by atoms with van der Waals surface area (Å²) in [7, 11) is 0. The van der Waals surface area contributed by atoms with E-state index in [9.17, 15) is 4.79 Å². The van der Waals surface area contributed by atoms with Gasteiger partial charge in [-0.3, -0.25) is 0 Å². The van der Waals surface area contributed by atoms with E-state index < -0.39 is 12.1 Å². The molecule has 1 aliphatic heterocycles. The minimum Gasteiger partial charge on any atom is -0.486 e. The first-order valence-electron chi connectivity index (χ1n) is 5.21. The van der Waals surface area contributed by atoms with Gasteiger partial charge in [-0.05, 0) is 19.1 Å². The van der Waals surface area contributed by atoms with Gasteiger partial charge >= 0.3 is 6.09 Å². The van der Waals surface area contributed by atoms with Gasteiger partial charge < -0.3 is 9.47 Å². The molecule has 0 aliphatic carbocycles. The second-order valence-electron chi connectivity index (χ2n) is 3.35. The Morgan fingerprint density at radius 2 is 2.65 bits per heavy atom. The zero-order valence-electron chi connectivity index (χ0n) is 9.29. The molecular formula is C11H11N3O3. The van der Waals surface area contributed by atoms with Crippen molar-refractivity contribution in [2.75, 3.05) is 18.1 Å².